The number of carbonyl (C=O) groups is 1. The van der Waals surface area contributed by atoms with Gasteiger partial charge in [0.15, 0.2) is 0 Å². The zero-order chi connectivity index (χ0) is 15.7. The van der Waals surface area contributed by atoms with Crippen LogP contribution in [0.3, 0.4) is 0 Å². The van der Waals surface area contributed by atoms with Crippen molar-refractivity contribution in [2.24, 2.45) is 5.41 Å². The molecule has 0 N–H and O–H groups in total. The minimum atomic E-state index is 0.311. The molecular formula is C19H28N2O. The topological polar surface area (TPSA) is 23.6 Å². The second-order valence-electron chi connectivity index (χ2n) is 7.18. The van der Waals surface area contributed by atoms with Crippen molar-refractivity contribution < 1.29 is 4.79 Å². The molecule has 1 amide bonds. The van der Waals surface area contributed by atoms with Gasteiger partial charge in [-0.05, 0) is 32.3 Å². The van der Waals surface area contributed by atoms with Crippen LogP contribution in [0.5, 0.6) is 0 Å². The highest BCUT2D eigenvalue weighted by Crippen LogP contribution is 2.55. The fourth-order valence-corrected chi connectivity index (χ4v) is 4.30. The van der Waals surface area contributed by atoms with Gasteiger partial charge in [-0.2, -0.15) is 0 Å². The Morgan fingerprint density at radius 3 is 2.41 bits per heavy atom. The Morgan fingerprint density at radius 1 is 1.23 bits per heavy atom. The minimum absolute atomic E-state index is 0.311. The molecule has 2 aliphatic heterocycles. The maximum absolute atomic E-state index is 11.9. The lowest BCUT2D eigenvalue weighted by Gasteiger charge is -2.62. The number of rotatable bonds is 3. The first-order valence-corrected chi connectivity index (χ1v) is 8.66. The monoisotopic (exact) mass is 300 g/mol. The van der Waals surface area contributed by atoms with Gasteiger partial charge in [-0.3, -0.25) is 9.69 Å². The van der Waals surface area contributed by atoms with Crippen molar-refractivity contribution in [3.05, 3.63) is 35.9 Å². The first-order valence-electron chi connectivity index (χ1n) is 8.66. The number of hydrogen-bond acceptors (Lipinski definition) is 2. The smallest absolute Gasteiger partial charge is 0.222 e. The van der Waals surface area contributed by atoms with Gasteiger partial charge in [0.05, 0.1) is 0 Å². The van der Waals surface area contributed by atoms with Gasteiger partial charge in [0.2, 0.25) is 5.91 Å². The molecule has 2 aliphatic rings. The van der Waals surface area contributed by atoms with Crippen LogP contribution < -0.4 is 0 Å². The molecule has 0 aliphatic carbocycles. The second kappa shape index (κ2) is 6.04. The Bertz CT molecular complexity index is 517. The van der Waals surface area contributed by atoms with E-state index < -0.39 is 0 Å². The van der Waals surface area contributed by atoms with E-state index in [1.165, 1.54) is 12.1 Å². The summed E-state index contributed by atoms with van der Waals surface area (Å²) in [7, 11) is 0. The van der Waals surface area contributed by atoms with Crippen LogP contribution in [-0.2, 0) is 4.79 Å². The van der Waals surface area contributed by atoms with Crippen LogP contribution in [0.2, 0.25) is 0 Å². The highest BCUT2D eigenvalue weighted by Gasteiger charge is 2.54. The van der Waals surface area contributed by atoms with Crippen LogP contribution in [0.15, 0.2) is 30.3 Å². The fraction of sp³-hybridized carbons (Fsp3) is 0.632. The maximum Gasteiger partial charge on any atom is 0.222 e. The third-order valence-electron chi connectivity index (χ3n) is 5.60. The van der Waals surface area contributed by atoms with Gasteiger partial charge in [-0.15, -0.1) is 0 Å². The van der Waals surface area contributed by atoms with Crippen LogP contribution in [0.4, 0.5) is 0 Å². The van der Waals surface area contributed by atoms with E-state index in [2.05, 4.69) is 54.0 Å². The third-order valence-corrected chi connectivity index (χ3v) is 5.60. The number of nitrogens with zero attached hydrogens (tertiary/aromatic N) is 2. The van der Waals surface area contributed by atoms with Gasteiger partial charge in [0.1, 0.15) is 0 Å². The number of benzene rings is 1. The van der Waals surface area contributed by atoms with Crippen molar-refractivity contribution in [3.8, 4) is 0 Å². The van der Waals surface area contributed by atoms with Crippen molar-refractivity contribution in [1.82, 2.24) is 9.80 Å². The van der Waals surface area contributed by atoms with Crippen molar-refractivity contribution in [2.75, 3.05) is 19.6 Å². The highest BCUT2D eigenvalue weighted by atomic mass is 16.2. The SMILES string of the molecule is CCC(=O)N1CCC2(CC1)CN(C(C)C)C2c1ccccc1. The Hall–Kier alpha value is -1.35. The van der Waals surface area contributed by atoms with E-state index in [4.69, 9.17) is 0 Å². The molecule has 2 saturated heterocycles. The van der Waals surface area contributed by atoms with E-state index in [1.54, 1.807) is 0 Å². The predicted octanol–water partition coefficient (Wildman–Crippen LogP) is 3.47. The summed E-state index contributed by atoms with van der Waals surface area (Å²) in [5.74, 6) is 0.311. The van der Waals surface area contributed by atoms with Crippen LogP contribution in [0.25, 0.3) is 0 Å². The Morgan fingerprint density at radius 2 is 1.86 bits per heavy atom. The minimum Gasteiger partial charge on any atom is -0.343 e. The van der Waals surface area contributed by atoms with Gasteiger partial charge in [0, 0.05) is 43.6 Å². The summed E-state index contributed by atoms with van der Waals surface area (Å²) < 4.78 is 0. The lowest BCUT2D eigenvalue weighted by atomic mass is 9.62. The van der Waals surface area contributed by atoms with E-state index in [9.17, 15) is 4.79 Å². The molecule has 1 spiro atoms. The van der Waals surface area contributed by atoms with E-state index in [0.29, 0.717) is 29.8 Å². The number of carbonyl (C=O) groups excluding carboxylic acids is 1. The van der Waals surface area contributed by atoms with E-state index in [0.717, 1.165) is 25.9 Å². The molecule has 2 fully saturated rings. The van der Waals surface area contributed by atoms with E-state index >= 15 is 0 Å². The average Bonchev–Trinajstić information content (AvgIpc) is 2.53. The number of piperidine rings is 1. The molecule has 0 radical (unpaired) electrons. The molecular weight excluding hydrogens is 272 g/mol. The van der Waals surface area contributed by atoms with Gasteiger partial charge >= 0.3 is 0 Å². The van der Waals surface area contributed by atoms with Crippen LogP contribution in [0.1, 0.15) is 51.6 Å². The molecule has 3 heteroatoms. The molecule has 0 bridgehead atoms. The number of likely N-dealkylation sites (tertiary alicyclic amines) is 2. The average molecular weight is 300 g/mol. The molecule has 2 heterocycles. The molecule has 1 unspecified atom stereocenters. The molecule has 1 atom stereocenters. The number of amides is 1. The van der Waals surface area contributed by atoms with E-state index in [-0.39, 0.29) is 0 Å². The Balaban J connectivity index is 1.78. The zero-order valence-corrected chi connectivity index (χ0v) is 14.1. The maximum atomic E-state index is 11.9. The Kier molecular flexibility index (Phi) is 4.26. The van der Waals surface area contributed by atoms with Crippen molar-refractivity contribution in [2.45, 2.75) is 52.1 Å². The first-order chi connectivity index (χ1) is 10.6. The summed E-state index contributed by atoms with van der Waals surface area (Å²) in [6.07, 6.45) is 2.91. The standard InChI is InChI=1S/C19H28N2O/c1-4-17(22)20-12-10-19(11-13-20)14-21(15(2)3)18(19)16-8-6-5-7-9-16/h5-9,15,18H,4,10-14H2,1-3H3. The predicted molar refractivity (Wildman–Crippen MR) is 89.6 cm³/mol. The van der Waals surface area contributed by atoms with Gasteiger partial charge < -0.3 is 4.90 Å². The molecule has 120 valence electrons. The van der Waals surface area contributed by atoms with Gasteiger partial charge in [-0.1, -0.05) is 37.3 Å². The van der Waals surface area contributed by atoms with Gasteiger partial charge in [0.25, 0.3) is 0 Å². The van der Waals surface area contributed by atoms with Gasteiger partial charge in [-0.25, -0.2) is 0 Å². The van der Waals surface area contributed by atoms with Crippen molar-refractivity contribution >= 4 is 5.91 Å². The third kappa shape index (κ3) is 2.56. The molecule has 0 aromatic heterocycles. The summed E-state index contributed by atoms with van der Waals surface area (Å²) in [6, 6.07) is 12.0. The first kappa shape index (κ1) is 15.5. The molecule has 22 heavy (non-hydrogen) atoms. The molecule has 1 aromatic rings. The van der Waals surface area contributed by atoms with Crippen LogP contribution in [0, 0.1) is 5.41 Å². The zero-order valence-electron chi connectivity index (χ0n) is 14.1. The molecule has 3 rings (SSSR count). The van der Waals surface area contributed by atoms with Crippen LogP contribution >= 0.6 is 0 Å². The van der Waals surface area contributed by atoms with E-state index in [1.807, 2.05) is 6.92 Å². The lowest BCUT2D eigenvalue weighted by molar-refractivity contribution is -0.147. The summed E-state index contributed by atoms with van der Waals surface area (Å²) in [6.45, 7) is 9.59. The van der Waals surface area contributed by atoms with Crippen molar-refractivity contribution in [3.63, 3.8) is 0 Å². The largest absolute Gasteiger partial charge is 0.343 e. The normalized spacial score (nSPS) is 24.5. The summed E-state index contributed by atoms with van der Waals surface area (Å²) in [5, 5.41) is 0. The second-order valence-corrected chi connectivity index (χ2v) is 7.18. The van der Waals surface area contributed by atoms with Crippen LogP contribution in [-0.4, -0.2) is 41.4 Å². The number of hydrogen-bond donors (Lipinski definition) is 0. The Labute approximate surface area is 134 Å². The van der Waals surface area contributed by atoms with Crippen molar-refractivity contribution in [1.29, 1.82) is 0 Å². The summed E-state index contributed by atoms with van der Waals surface area (Å²) >= 11 is 0. The fourth-order valence-electron chi connectivity index (χ4n) is 4.30. The molecule has 0 saturated carbocycles. The summed E-state index contributed by atoms with van der Waals surface area (Å²) in [5.41, 5.74) is 1.81. The highest BCUT2D eigenvalue weighted by molar-refractivity contribution is 5.75. The summed E-state index contributed by atoms with van der Waals surface area (Å²) in [4.78, 5) is 16.6. The molecule has 1 aromatic carbocycles. The lowest BCUT2D eigenvalue weighted by Crippen LogP contribution is -2.64. The molecule has 3 nitrogen and oxygen atoms in total. The quantitative estimate of drug-likeness (QED) is 0.853.